The molecule has 0 aliphatic carbocycles. The van der Waals surface area contributed by atoms with Gasteiger partial charge in [0.1, 0.15) is 39.7 Å². The summed E-state index contributed by atoms with van der Waals surface area (Å²) >= 11 is 7.55. The second-order valence-corrected chi connectivity index (χ2v) is 19.8. The summed E-state index contributed by atoms with van der Waals surface area (Å²) in [7, 11) is -1.66. The van der Waals surface area contributed by atoms with Crippen molar-refractivity contribution in [3.63, 3.8) is 0 Å². The van der Waals surface area contributed by atoms with E-state index in [2.05, 4.69) is 39.2 Å². The molecule has 0 aliphatic rings. The zero-order chi connectivity index (χ0) is 42.9. The summed E-state index contributed by atoms with van der Waals surface area (Å²) in [5, 5.41) is 9.04. The fourth-order valence-corrected chi connectivity index (χ4v) is 8.62. The predicted molar refractivity (Wildman–Crippen MR) is 221 cm³/mol. The third-order valence-electron chi connectivity index (χ3n) is 8.71. The number of nitrogens with zero attached hydrogens (tertiary/aromatic N) is 3. The van der Waals surface area contributed by atoms with Gasteiger partial charge >= 0.3 is 12.2 Å². The molecule has 18 heteroatoms. The smallest absolute Gasteiger partial charge is 0.407 e. The summed E-state index contributed by atoms with van der Waals surface area (Å²) in [6.07, 6.45) is 1.24. The zero-order valence-electron chi connectivity index (χ0n) is 34.9. The van der Waals surface area contributed by atoms with Crippen LogP contribution >= 0.6 is 23.1 Å². The van der Waals surface area contributed by atoms with Gasteiger partial charge in [-0.1, -0.05) is 39.3 Å². The van der Waals surface area contributed by atoms with Gasteiger partial charge in [-0.3, -0.25) is 0 Å². The zero-order valence-corrected chi connectivity index (χ0v) is 37.3. The van der Waals surface area contributed by atoms with Crippen molar-refractivity contribution in [2.45, 2.75) is 111 Å². The maximum absolute atomic E-state index is 16.1. The maximum Gasteiger partial charge on any atom is 0.407 e. The van der Waals surface area contributed by atoms with Crippen LogP contribution in [0, 0.1) is 23.1 Å². The molecule has 0 saturated carbocycles. The van der Waals surface area contributed by atoms with Crippen LogP contribution in [0.25, 0.3) is 0 Å². The molecule has 2 amide bonds. The molecule has 0 aliphatic heterocycles. The van der Waals surface area contributed by atoms with Gasteiger partial charge in [0.25, 0.3) is 10.0 Å². The molecule has 2 atom stereocenters. The molecular formula is C39H58ClFN6O8S2. The molecule has 57 heavy (non-hydrogen) atoms. The summed E-state index contributed by atoms with van der Waals surface area (Å²) in [5.74, 6) is -0.520. The Bertz CT molecular complexity index is 1920. The van der Waals surface area contributed by atoms with Crippen LogP contribution in [0.1, 0.15) is 87.6 Å². The van der Waals surface area contributed by atoms with E-state index >= 15 is 4.39 Å². The van der Waals surface area contributed by atoms with Gasteiger partial charge in [0.15, 0.2) is 0 Å². The monoisotopic (exact) mass is 856 g/mol. The number of hydrogen-bond acceptors (Lipinski definition) is 12. The highest BCUT2D eigenvalue weighted by atomic mass is 35.5. The van der Waals surface area contributed by atoms with Gasteiger partial charge < -0.3 is 34.9 Å². The van der Waals surface area contributed by atoms with Crippen LogP contribution < -0.4 is 29.7 Å². The van der Waals surface area contributed by atoms with E-state index in [-0.39, 0.29) is 46.2 Å². The summed E-state index contributed by atoms with van der Waals surface area (Å²) in [6, 6.07) is 6.61. The van der Waals surface area contributed by atoms with Gasteiger partial charge in [-0.15, -0.1) is 0 Å². The molecule has 3 rings (SSSR count). The minimum atomic E-state index is -4.60. The van der Waals surface area contributed by atoms with Gasteiger partial charge in [0.2, 0.25) is 5.13 Å². The van der Waals surface area contributed by atoms with Crippen LogP contribution in [-0.2, 0) is 26.0 Å². The van der Waals surface area contributed by atoms with Crippen LogP contribution in [0.4, 0.5) is 24.8 Å². The Hall–Kier alpha value is -4.09. The van der Waals surface area contributed by atoms with Crippen molar-refractivity contribution in [2.24, 2.45) is 17.3 Å². The first-order valence-electron chi connectivity index (χ1n) is 18.6. The van der Waals surface area contributed by atoms with Crippen molar-refractivity contribution in [3.8, 4) is 11.5 Å². The van der Waals surface area contributed by atoms with E-state index in [9.17, 15) is 18.0 Å². The molecule has 0 bridgehead atoms. The molecule has 3 aromatic rings. The molecule has 318 valence electrons. The Morgan fingerprint density at radius 3 is 2.18 bits per heavy atom. The molecule has 14 nitrogen and oxygen atoms in total. The van der Waals surface area contributed by atoms with Crippen molar-refractivity contribution in [2.75, 3.05) is 36.9 Å². The molecule has 1 heterocycles. The highest BCUT2D eigenvalue weighted by Crippen LogP contribution is 2.37. The van der Waals surface area contributed by atoms with Crippen molar-refractivity contribution in [1.82, 2.24) is 20.0 Å². The minimum Gasteiger partial charge on any atom is -0.497 e. The summed E-state index contributed by atoms with van der Waals surface area (Å²) in [5.41, 5.74) is -1.11. The topological polar surface area (TPSA) is 170 Å². The SMILES string of the molecule is COc1ccc(CN(c2ncns2)S(=O)(=O)c2cc(Cl)c(NC[C@H](CC(C)(C)CCNC(=O)OC(C)(C)C)[C@H](NC(=O)OC(C)(C)C)C(C)C)cc2F)c(OC)c1. The first-order valence-corrected chi connectivity index (χ1v) is 21.1. The normalized spacial score (nSPS) is 13.4. The highest BCUT2D eigenvalue weighted by Gasteiger charge is 2.35. The summed E-state index contributed by atoms with van der Waals surface area (Å²) in [6.45, 7) is 19.1. The Labute approximate surface area is 345 Å². The van der Waals surface area contributed by atoms with E-state index in [0.717, 1.165) is 28.0 Å². The molecular weight excluding hydrogens is 799 g/mol. The molecule has 2 aromatic carbocycles. The standard InChI is InChI=1S/C39H58ClFN6O8S2/c1-24(2)33(46-36(49)55-38(6,7)8)26(20-39(9,10)15-16-42-35(48)54-37(3,4)5)21-43-30-19-29(41)32(18-28(30)40)57(50,51)47(34-44-23-45-56-34)22-25-13-14-27(52-11)17-31(25)53-12/h13-14,17-19,23-24,26,33,43H,15-16,20-22H2,1-12H3,(H,42,48)(H,46,49)/t26-,33+/m0/s1. The van der Waals surface area contributed by atoms with Crippen molar-refractivity contribution < 1.29 is 41.3 Å². The fourth-order valence-electron chi connectivity index (χ4n) is 6.12. The van der Waals surface area contributed by atoms with Crippen molar-refractivity contribution in [1.29, 1.82) is 0 Å². The number of carbonyl (C=O) groups is 2. The quantitative estimate of drug-likeness (QED) is 0.112. The van der Waals surface area contributed by atoms with Crippen LogP contribution in [0.3, 0.4) is 0 Å². The highest BCUT2D eigenvalue weighted by molar-refractivity contribution is 7.93. The lowest BCUT2D eigenvalue weighted by atomic mass is 9.75. The first-order chi connectivity index (χ1) is 26.4. The number of alkyl carbamates (subject to hydrolysis) is 2. The minimum absolute atomic E-state index is 0.00885. The Balaban J connectivity index is 1.94. The number of hydrogen-bond donors (Lipinski definition) is 3. The van der Waals surface area contributed by atoms with E-state index < -0.39 is 50.2 Å². The molecule has 0 spiro atoms. The lowest BCUT2D eigenvalue weighted by molar-refractivity contribution is 0.0444. The van der Waals surface area contributed by atoms with E-state index in [1.54, 1.807) is 59.7 Å². The number of sulfonamides is 1. The van der Waals surface area contributed by atoms with Crippen LogP contribution in [-0.4, -0.2) is 74.5 Å². The summed E-state index contributed by atoms with van der Waals surface area (Å²) < 4.78 is 71.2. The van der Waals surface area contributed by atoms with Crippen LogP contribution in [0.15, 0.2) is 41.6 Å². The lowest BCUT2D eigenvalue weighted by Crippen LogP contribution is -2.49. The number of methoxy groups -OCH3 is 2. The number of amides is 2. The number of ether oxygens (including phenoxy) is 4. The third-order valence-corrected chi connectivity index (χ3v) is 11.6. The molecule has 0 radical (unpaired) electrons. The molecule has 0 unspecified atom stereocenters. The van der Waals surface area contributed by atoms with Gasteiger partial charge in [-0.05, 0) is 95.9 Å². The lowest BCUT2D eigenvalue weighted by Gasteiger charge is -2.37. The largest absolute Gasteiger partial charge is 0.497 e. The van der Waals surface area contributed by atoms with Crippen LogP contribution in [0.5, 0.6) is 11.5 Å². The third kappa shape index (κ3) is 14.4. The van der Waals surface area contributed by atoms with E-state index in [4.69, 9.17) is 30.5 Å². The van der Waals surface area contributed by atoms with E-state index in [0.29, 0.717) is 36.4 Å². The summed E-state index contributed by atoms with van der Waals surface area (Å²) in [4.78, 5) is 28.8. The molecule has 0 saturated heterocycles. The van der Waals surface area contributed by atoms with Gasteiger partial charge in [-0.2, -0.15) is 4.37 Å². The first kappa shape index (κ1) is 47.3. The maximum atomic E-state index is 16.1. The predicted octanol–water partition coefficient (Wildman–Crippen LogP) is 8.65. The van der Waals surface area contributed by atoms with Gasteiger partial charge in [0, 0.05) is 42.3 Å². The number of benzene rings is 2. The molecule has 1 aromatic heterocycles. The number of nitrogens with one attached hydrogen (secondary N) is 3. The average molecular weight is 858 g/mol. The Kier molecular flexibility index (Phi) is 16.2. The van der Waals surface area contributed by atoms with E-state index in [1.165, 1.54) is 20.5 Å². The van der Waals surface area contributed by atoms with Crippen LogP contribution in [0.2, 0.25) is 5.02 Å². The van der Waals surface area contributed by atoms with Crippen molar-refractivity contribution in [3.05, 3.63) is 53.1 Å². The van der Waals surface area contributed by atoms with E-state index in [1.807, 2.05) is 13.8 Å². The number of aromatic nitrogens is 2. The molecule has 3 N–H and O–H groups in total. The van der Waals surface area contributed by atoms with Gasteiger partial charge in [0.05, 0.1) is 31.5 Å². The average Bonchev–Trinajstić information content (AvgIpc) is 3.61. The second-order valence-electron chi connectivity index (χ2n) is 16.8. The number of anilines is 2. The number of halogens is 2. The Morgan fingerprint density at radius 2 is 1.61 bits per heavy atom. The fraction of sp³-hybridized carbons (Fsp3) is 0.590. The molecule has 0 fully saturated rings. The van der Waals surface area contributed by atoms with Gasteiger partial charge in [-0.25, -0.2) is 31.7 Å². The Morgan fingerprint density at radius 1 is 0.965 bits per heavy atom. The van der Waals surface area contributed by atoms with Crippen molar-refractivity contribution >= 4 is 56.2 Å². The second kappa shape index (κ2) is 19.6. The number of carbonyl (C=O) groups excluding carboxylic acids is 2. The number of rotatable bonds is 18.